The number of hydrogen-bond donors (Lipinski definition) is 2. The molecular weight excluding hydrogens is 321 g/mol. The van der Waals surface area contributed by atoms with E-state index in [1.165, 1.54) is 6.92 Å². The van der Waals surface area contributed by atoms with Gasteiger partial charge in [-0.25, -0.2) is 13.6 Å². The number of carbonyl (C=O) groups is 2. The molecular formula is C14H18BNO6S. The molecule has 0 radical (unpaired) electrons. The third-order valence-electron chi connectivity index (χ3n) is 3.76. The van der Waals surface area contributed by atoms with Gasteiger partial charge in [-0.05, 0) is 25.0 Å². The van der Waals surface area contributed by atoms with Gasteiger partial charge in [0.05, 0.1) is 11.3 Å². The molecule has 9 heteroatoms. The monoisotopic (exact) mass is 339 g/mol. The summed E-state index contributed by atoms with van der Waals surface area (Å²) in [5.74, 6) is -1.03. The molecule has 1 aliphatic rings. The van der Waals surface area contributed by atoms with Crippen LogP contribution < -0.4 is 9.79 Å². The predicted octanol–water partition coefficient (Wildman–Crippen LogP) is 0.313. The molecule has 0 aliphatic carbocycles. The molecule has 0 bridgehead atoms. The van der Waals surface area contributed by atoms with Crippen molar-refractivity contribution in [1.82, 2.24) is 0 Å². The van der Waals surface area contributed by atoms with Crippen LogP contribution >= 0.6 is 0 Å². The largest absolute Gasteiger partial charge is 0.535 e. The highest BCUT2D eigenvalue weighted by atomic mass is 32.2. The average molecular weight is 339 g/mol. The summed E-state index contributed by atoms with van der Waals surface area (Å²) < 4.78 is 27.2. The molecule has 2 rings (SSSR count). The molecule has 0 spiro atoms. The molecule has 1 heterocycles. The van der Waals surface area contributed by atoms with Crippen molar-refractivity contribution in [3.8, 4) is 5.75 Å². The number of para-hydroxylation sites is 1. The highest BCUT2D eigenvalue weighted by Gasteiger charge is 2.37. The van der Waals surface area contributed by atoms with E-state index in [1.54, 1.807) is 18.2 Å². The summed E-state index contributed by atoms with van der Waals surface area (Å²) in [6.07, 6.45) is 0.168. The van der Waals surface area contributed by atoms with Gasteiger partial charge in [-0.2, -0.15) is 0 Å². The molecule has 23 heavy (non-hydrogen) atoms. The smallest absolute Gasteiger partial charge is 0.526 e. The number of fused-ring (bicyclic) bond motifs is 1. The molecule has 1 atom stereocenters. The minimum absolute atomic E-state index is 0.0135. The van der Waals surface area contributed by atoms with Crippen molar-refractivity contribution in [2.24, 2.45) is 5.14 Å². The van der Waals surface area contributed by atoms with Gasteiger partial charge in [-0.15, -0.1) is 0 Å². The molecule has 0 unspecified atom stereocenters. The molecule has 0 saturated heterocycles. The van der Waals surface area contributed by atoms with Gasteiger partial charge in [0.25, 0.3) is 0 Å². The number of Topliss-reactive ketones (excluding diaryl/α,β-unsaturated/α-hetero) is 2. The second-order valence-corrected chi connectivity index (χ2v) is 7.42. The second kappa shape index (κ2) is 6.82. The number of ketones is 2. The minimum atomic E-state index is -3.69. The Bertz CT molecular complexity index is 733. The number of primary sulfonamides is 1. The Balaban J connectivity index is 2.08. The van der Waals surface area contributed by atoms with Crippen molar-refractivity contribution in [1.29, 1.82) is 0 Å². The standard InChI is InChI=1S/C14H18BNO6S/c1-9(17)13-4-2-3-10-7-11(15(19)22-14(10)13)8-12(18)5-6-23(16,20)21/h2-4,11,19H,5-8H2,1H3,(H2,16,20,21)/t11-/m1/s1. The van der Waals surface area contributed by atoms with Gasteiger partial charge in [0, 0.05) is 18.7 Å². The summed E-state index contributed by atoms with van der Waals surface area (Å²) in [5.41, 5.74) is 1.13. The van der Waals surface area contributed by atoms with Crippen molar-refractivity contribution in [3.63, 3.8) is 0 Å². The molecule has 0 aromatic heterocycles. The third kappa shape index (κ3) is 4.63. The maximum Gasteiger partial charge on any atom is 0.526 e. The average Bonchev–Trinajstić information content (AvgIpc) is 2.44. The molecule has 7 nitrogen and oxygen atoms in total. The Labute approximate surface area is 135 Å². The van der Waals surface area contributed by atoms with Gasteiger partial charge in [-0.3, -0.25) is 9.59 Å². The lowest BCUT2D eigenvalue weighted by atomic mass is 9.64. The topological polar surface area (TPSA) is 124 Å². The Morgan fingerprint density at radius 1 is 1.43 bits per heavy atom. The van der Waals surface area contributed by atoms with Crippen LogP contribution in [0.3, 0.4) is 0 Å². The van der Waals surface area contributed by atoms with Gasteiger partial charge in [0.1, 0.15) is 11.5 Å². The van der Waals surface area contributed by atoms with Crippen LogP contribution in [0.4, 0.5) is 0 Å². The quantitative estimate of drug-likeness (QED) is 0.568. The number of carbonyl (C=O) groups excluding carboxylic acids is 2. The molecule has 1 aromatic rings. The fourth-order valence-corrected chi connectivity index (χ4v) is 3.10. The molecule has 0 saturated carbocycles. The first-order valence-corrected chi connectivity index (χ1v) is 8.88. The Morgan fingerprint density at radius 2 is 2.13 bits per heavy atom. The molecule has 3 N–H and O–H groups in total. The number of hydrogen-bond acceptors (Lipinski definition) is 6. The maximum atomic E-state index is 11.8. The van der Waals surface area contributed by atoms with Crippen LogP contribution in [0.1, 0.15) is 35.7 Å². The predicted molar refractivity (Wildman–Crippen MR) is 84.7 cm³/mol. The maximum absolute atomic E-state index is 11.8. The molecule has 124 valence electrons. The molecule has 1 aliphatic heterocycles. The number of benzene rings is 1. The van der Waals surface area contributed by atoms with Gasteiger partial charge in [0.2, 0.25) is 10.0 Å². The lowest BCUT2D eigenvalue weighted by Crippen LogP contribution is -2.36. The first-order chi connectivity index (χ1) is 10.7. The summed E-state index contributed by atoms with van der Waals surface area (Å²) in [4.78, 5) is 23.4. The molecule has 0 fully saturated rings. The Hall–Kier alpha value is -1.71. The van der Waals surface area contributed by atoms with Gasteiger partial charge in [0.15, 0.2) is 5.78 Å². The van der Waals surface area contributed by atoms with Crippen molar-refractivity contribution in [3.05, 3.63) is 29.3 Å². The van der Waals surface area contributed by atoms with E-state index in [-0.39, 0.29) is 24.4 Å². The minimum Gasteiger partial charge on any atom is -0.535 e. The zero-order valence-electron chi connectivity index (χ0n) is 12.7. The number of nitrogens with two attached hydrogens (primary N) is 1. The van der Waals surface area contributed by atoms with Gasteiger partial charge < -0.3 is 9.68 Å². The van der Waals surface area contributed by atoms with E-state index in [2.05, 4.69) is 0 Å². The Morgan fingerprint density at radius 3 is 2.74 bits per heavy atom. The van der Waals surface area contributed by atoms with E-state index in [4.69, 9.17) is 9.79 Å². The van der Waals surface area contributed by atoms with E-state index in [0.29, 0.717) is 17.7 Å². The summed E-state index contributed by atoms with van der Waals surface area (Å²) in [6.45, 7) is 1.41. The third-order valence-corrected chi connectivity index (χ3v) is 4.53. The van der Waals surface area contributed by atoms with Crippen molar-refractivity contribution < 1.29 is 27.7 Å². The second-order valence-electron chi connectivity index (χ2n) is 5.68. The van der Waals surface area contributed by atoms with Gasteiger partial charge >= 0.3 is 7.12 Å². The van der Waals surface area contributed by atoms with E-state index in [0.717, 1.165) is 5.56 Å². The van der Waals surface area contributed by atoms with Crippen LogP contribution in [0.25, 0.3) is 0 Å². The lowest BCUT2D eigenvalue weighted by Gasteiger charge is -2.28. The van der Waals surface area contributed by atoms with E-state index < -0.39 is 28.7 Å². The highest BCUT2D eigenvalue weighted by molar-refractivity contribution is 7.89. The first-order valence-electron chi connectivity index (χ1n) is 7.17. The molecule has 1 aromatic carbocycles. The molecule has 0 amide bonds. The van der Waals surface area contributed by atoms with Gasteiger partial charge in [-0.1, -0.05) is 12.1 Å². The summed E-state index contributed by atoms with van der Waals surface area (Å²) in [6, 6.07) is 5.11. The van der Waals surface area contributed by atoms with Crippen molar-refractivity contribution in [2.45, 2.75) is 32.0 Å². The zero-order valence-corrected chi connectivity index (χ0v) is 13.5. The summed E-state index contributed by atoms with van der Waals surface area (Å²) in [7, 11) is -4.91. The van der Waals surface area contributed by atoms with Crippen LogP contribution in [0.15, 0.2) is 18.2 Å². The lowest BCUT2D eigenvalue weighted by molar-refractivity contribution is -0.118. The van der Waals surface area contributed by atoms with Crippen LogP contribution in [-0.2, 0) is 21.2 Å². The Kier molecular flexibility index (Phi) is 5.23. The van der Waals surface area contributed by atoms with E-state index >= 15 is 0 Å². The highest BCUT2D eigenvalue weighted by Crippen LogP contribution is 2.36. The fourth-order valence-electron chi connectivity index (χ4n) is 2.59. The zero-order chi connectivity index (χ0) is 17.2. The summed E-state index contributed by atoms with van der Waals surface area (Å²) in [5, 5.41) is 14.9. The number of rotatable bonds is 6. The van der Waals surface area contributed by atoms with Crippen LogP contribution in [0.2, 0.25) is 5.82 Å². The van der Waals surface area contributed by atoms with Crippen molar-refractivity contribution >= 4 is 28.7 Å². The SMILES string of the molecule is CC(=O)c1cccc2c1OB(O)[C@@H](CC(=O)CCS(N)(=O)=O)C2. The number of sulfonamides is 1. The van der Waals surface area contributed by atoms with E-state index in [1.807, 2.05) is 0 Å². The fraction of sp³-hybridized carbons (Fsp3) is 0.429. The van der Waals surface area contributed by atoms with E-state index in [9.17, 15) is 23.0 Å². The van der Waals surface area contributed by atoms with Crippen LogP contribution in [0.5, 0.6) is 5.75 Å². The summed E-state index contributed by atoms with van der Waals surface area (Å²) >= 11 is 0. The normalized spacial score (nSPS) is 17.3. The van der Waals surface area contributed by atoms with Crippen LogP contribution in [-0.4, -0.2) is 37.9 Å². The first kappa shape index (κ1) is 17.6. The van der Waals surface area contributed by atoms with Crippen LogP contribution in [0, 0.1) is 0 Å². The van der Waals surface area contributed by atoms with Crippen molar-refractivity contribution in [2.75, 3.05) is 5.75 Å².